The van der Waals surface area contributed by atoms with Gasteiger partial charge in [-0.3, -0.25) is 19.3 Å². The smallest absolute Gasteiger partial charge is 0.306 e. The molecule has 5 heteroatoms. The SMILES string of the molecule is CN1C(=O)CCC1=O.O=C(O)C1CCCCC1. The lowest BCUT2D eigenvalue weighted by molar-refractivity contribution is -0.143. The average Bonchev–Trinajstić information content (AvgIpc) is 2.62. The van der Waals surface area contributed by atoms with Gasteiger partial charge in [-0.1, -0.05) is 19.3 Å². The van der Waals surface area contributed by atoms with Gasteiger partial charge in [-0.2, -0.15) is 0 Å². The third-order valence-corrected chi connectivity index (χ3v) is 3.26. The summed E-state index contributed by atoms with van der Waals surface area (Å²) in [5.74, 6) is -0.751. The van der Waals surface area contributed by atoms with Crippen LogP contribution in [0.15, 0.2) is 0 Å². The average molecular weight is 241 g/mol. The van der Waals surface area contributed by atoms with Crippen LogP contribution >= 0.6 is 0 Å². The predicted octanol–water partition coefficient (Wildman–Crippen LogP) is 1.42. The molecule has 17 heavy (non-hydrogen) atoms. The van der Waals surface area contributed by atoms with Crippen LogP contribution in [0.3, 0.4) is 0 Å². The molecule has 5 nitrogen and oxygen atoms in total. The summed E-state index contributed by atoms with van der Waals surface area (Å²) < 4.78 is 0. The van der Waals surface area contributed by atoms with Crippen molar-refractivity contribution in [3.8, 4) is 0 Å². The van der Waals surface area contributed by atoms with Gasteiger partial charge in [0, 0.05) is 19.9 Å². The van der Waals surface area contributed by atoms with Gasteiger partial charge in [0.25, 0.3) is 0 Å². The van der Waals surface area contributed by atoms with Crippen molar-refractivity contribution in [2.24, 2.45) is 5.92 Å². The molecule has 1 aliphatic heterocycles. The number of hydrogen-bond donors (Lipinski definition) is 1. The third kappa shape index (κ3) is 4.17. The number of carbonyl (C=O) groups is 3. The molecule has 1 saturated heterocycles. The fourth-order valence-electron chi connectivity index (χ4n) is 2.04. The molecule has 0 aromatic rings. The van der Waals surface area contributed by atoms with Crippen LogP contribution in [0.5, 0.6) is 0 Å². The van der Waals surface area contributed by atoms with Gasteiger partial charge in [0.1, 0.15) is 0 Å². The maximum atomic E-state index is 10.5. The Morgan fingerprint density at radius 1 is 1.12 bits per heavy atom. The summed E-state index contributed by atoms with van der Waals surface area (Å²) in [7, 11) is 1.51. The van der Waals surface area contributed by atoms with Crippen molar-refractivity contribution >= 4 is 17.8 Å². The molecule has 0 aromatic heterocycles. The van der Waals surface area contributed by atoms with E-state index in [4.69, 9.17) is 5.11 Å². The molecular formula is C12H19NO4. The summed E-state index contributed by atoms with van der Waals surface area (Å²) in [5, 5.41) is 8.54. The molecule has 2 rings (SSSR count). The first-order valence-electron chi connectivity index (χ1n) is 6.04. The second kappa shape index (κ2) is 6.37. The summed E-state index contributed by atoms with van der Waals surface area (Å²) in [6.45, 7) is 0. The normalized spacial score (nSPS) is 21.1. The molecule has 2 amide bonds. The molecule has 2 fully saturated rings. The number of aliphatic carboxylic acids is 1. The summed E-state index contributed by atoms with van der Waals surface area (Å²) in [6, 6.07) is 0. The molecule has 0 aromatic carbocycles. The summed E-state index contributed by atoms with van der Waals surface area (Å²) in [5.41, 5.74) is 0. The first-order chi connectivity index (χ1) is 8.02. The van der Waals surface area contributed by atoms with Crippen molar-refractivity contribution in [2.75, 3.05) is 7.05 Å². The quantitative estimate of drug-likeness (QED) is 0.704. The molecule has 0 spiro atoms. The minimum absolute atomic E-state index is 0.0289. The van der Waals surface area contributed by atoms with Gasteiger partial charge in [0.05, 0.1) is 5.92 Å². The zero-order valence-corrected chi connectivity index (χ0v) is 10.1. The van der Waals surface area contributed by atoms with Crippen molar-refractivity contribution < 1.29 is 19.5 Å². The van der Waals surface area contributed by atoms with E-state index in [-0.39, 0.29) is 17.7 Å². The highest BCUT2D eigenvalue weighted by atomic mass is 16.4. The lowest BCUT2D eigenvalue weighted by atomic mass is 9.90. The summed E-state index contributed by atoms with van der Waals surface area (Å²) >= 11 is 0. The highest BCUT2D eigenvalue weighted by molar-refractivity contribution is 6.01. The van der Waals surface area contributed by atoms with Crippen LogP contribution in [0.2, 0.25) is 0 Å². The van der Waals surface area contributed by atoms with Crippen molar-refractivity contribution in [1.29, 1.82) is 0 Å². The lowest BCUT2D eigenvalue weighted by Crippen LogP contribution is -2.23. The summed E-state index contributed by atoms with van der Waals surface area (Å²) in [4.78, 5) is 32.5. The number of likely N-dealkylation sites (tertiary alicyclic amines) is 1. The first kappa shape index (κ1) is 13.7. The van der Waals surface area contributed by atoms with E-state index < -0.39 is 5.97 Å². The minimum atomic E-state index is -0.602. The van der Waals surface area contributed by atoms with E-state index in [1.807, 2.05) is 0 Å². The van der Waals surface area contributed by atoms with Gasteiger partial charge in [-0.15, -0.1) is 0 Å². The minimum Gasteiger partial charge on any atom is -0.481 e. The van der Waals surface area contributed by atoms with E-state index in [1.165, 1.54) is 18.4 Å². The van der Waals surface area contributed by atoms with Crippen molar-refractivity contribution in [2.45, 2.75) is 44.9 Å². The van der Waals surface area contributed by atoms with Crippen LogP contribution in [0.4, 0.5) is 0 Å². The number of rotatable bonds is 1. The zero-order chi connectivity index (χ0) is 12.8. The van der Waals surface area contributed by atoms with Crippen LogP contribution in [0.25, 0.3) is 0 Å². The van der Waals surface area contributed by atoms with Crippen molar-refractivity contribution in [3.63, 3.8) is 0 Å². The first-order valence-corrected chi connectivity index (χ1v) is 6.04. The number of amides is 2. The molecule has 0 unspecified atom stereocenters. The Bertz CT molecular complexity index is 292. The number of imide groups is 1. The van der Waals surface area contributed by atoms with E-state index in [1.54, 1.807) is 0 Å². The molecule has 0 bridgehead atoms. The summed E-state index contributed by atoms with van der Waals surface area (Å²) in [6.07, 6.45) is 6.03. The Labute approximate surface area is 101 Å². The molecule has 2 aliphatic rings. The van der Waals surface area contributed by atoms with E-state index in [9.17, 15) is 14.4 Å². The predicted molar refractivity (Wildman–Crippen MR) is 61.2 cm³/mol. The van der Waals surface area contributed by atoms with Gasteiger partial charge in [0.2, 0.25) is 11.8 Å². The van der Waals surface area contributed by atoms with Gasteiger partial charge >= 0.3 is 5.97 Å². The number of hydrogen-bond acceptors (Lipinski definition) is 3. The largest absolute Gasteiger partial charge is 0.481 e. The molecular weight excluding hydrogens is 222 g/mol. The highest BCUT2D eigenvalue weighted by Gasteiger charge is 2.24. The molecule has 1 saturated carbocycles. The lowest BCUT2D eigenvalue weighted by Gasteiger charge is -2.16. The fourth-order valence-corrected chi connectivity index (χ4v) is 2.04. The van der Waals surface area contributed by atoms with E-state index >= 15 is 0 Å². The molecule has 0 atom stereocenters. The zero-order valence-electron chi connectivity index (χ0n) is 10.1. The van der Waals surface area contributed by atoms with Crippen LogP contribution in [-0.2, 0) is 14.4 Å². The van der Waals surface area contributed by atoms with E-state index in [0.29, 0.717) is 12.8 Å². The topological polar surface area (TPSA) is 74.7 Å². The molecule has 0 radical (unpaired) electrons. The second-order valence-electron chi connectivity index (χ2n) is 4.52. The highest BCUT2D eigenvalue weighted by Crippen LogP contribution is 2.23. The molecule has 1 N–H and O–H groups in total. The van der Waals surface area contributed by atoms with E-state index in [0.717, 1.165) is 25.7 Å². The maximum Gasteiger partial charge on any atom is 0.306 e. The molecule has 1 aliphatic carbocycles. The Balaban J connectivity index is 0.000000171. The third-order valence-electron chi connectivity index (χ3n) is 3.26. The Kier molecular flexibility index (Phi) is 5.12. The Morgan fingerprint density at radius 3 is 1.82 bits per heavy atom. The number of carbonyl (C=O) groups excluding carboxylic acids is 2. The molecule has 1 heterocycles. The van der Waals surface area contributed by atoms with Gasteiger partial charge in [0.15, 0.2) is 0 Å². The van der Waals surface area contributed by atoms with E-state index in [2.05, 4.69) is 0 Å². The van der Waals surface area contributed by atoms with Crippen LogP contribution in [0, 0.1) is 5.92 Å². The number of carboxylic acid groups (broad SMARTS) is 1. The van der Waals surface area contributed by atoms with Crippen LogP contribution in [-0.4, -0.2) is 34.8 Å². The molecule has 96 valence electrons. The standard InChI is InChI=1S/C7H12O2.C5H7NO2/c8-7(9)6-4-2-1-3-5-6;1-6-4(7)2-3-5(6)8/h6H,1-5H2,(H,8,9);2-3H2,1H3. The van der Waals surface area contributed by atoms with Crippen molar-refractivity contribution in [3.05, 3.63) is 0 Å². The second-order valence-corrected chi connectivity index (χ2v) is 4.52. The Hall–Kier alpha value is -1.39. The maximum absolute atomic E-state index is 10.5. The number of nitrogens with zero attached hydrogens (tertiary/aromatic N) is 1. The van der Waals surface area contributed by atoms with Gasteiger partial charge < -0.3 is 5.11 Å². The van der Waals surface area contributed by atoms with Crippen LogP contribution < -0.4 is 0 Å². The monoisotopic (exact) mass is 241 g/mol. The fraction of sp³-hybridized carbons (Fsp3) is 0.750. The van der Waals surface area contributed by atoms with Gasteiger partial charge in [-0.25, -0.2) is 0 Å². The van der Waals surface area contributed by atoms with Crippen LogP contribution in [0.1, 0.15) is 44.9 Å². The van der Waals surface area contributed by atoms with Crippen molar-refractivity contribution in [1.82, 2.24) is 4.90 Å². The van der Waals surface area contributed by atoms with Gasteiger partial charge in [-0.05, 0) is 12.8 Å². The Morgan fingerprint density at radius 2 is 1.59 bits per heavy atom. The number of carboxylic acids is 1.